The number of carbonyl (C=O) groups excluding carboxylic acids is 1. The van der Waals surface area contributed by atoms with Crippen LogP contribution >= 0.6 is 0 Å². The van der Waals surface area contributed by atoms with E-state index in [-0.39, 0.29) is 5.91 Å². The van der Waals surface area contributed by atoms with Gasteiger partial charge in [-0.15, -0.1) is 0 Å². The minimum atomic E-state index is -0.116. The quantitative estimate of drug-likeness (QED) is 0.793. The number of ether oxygens (including phenoxy) is 1. The molecular weight excluding hydrogens is 288 g/mol. The lowest BCUT2D eigenvalue weighted by atomic mass is 10.1. The van der Waals surface area contributed by atoms with Gasteiger partial charge >= 0.3 is 0 Å². The molecule has 118 valence electrons. The summed E-state index contributed by atoms with van der Waals surface area (Å²) in [6.45, 7) is 4.03. The fourth-order valence-corrected chi connectivity index (χ4v) is 2.81. The molecule has 4 nitrogen and oxygen atoms in total. The number of aromatic nitrogens is 1. The van der Waals surface area contributed by atoms with Crippen LogP contribution in [0, 0.1) is 13.8 Å². The molecule has 0 unspecified atom stereocenters. The van der Waals surface area contributed by atoms with Crippen molar-refractivity contribution in [3.8, 4) is 5.75 Å². The van der Waals surface area contributed by atoms with Crippen molar-refractivity contribution in [2.24, 2.45) is 7.05 Å². The highest BCUT2D eigenvalue weighted by atomic mass is 16.5. The van der Waals surface area contributed by atoms with Crippen molar-refractivity contribution in [2.45, 2.75) is 13.8 Å². The lowest BCUT2D eigenvalue weighted by Gasteiger charge is -2.10. The summed E-state index contributed by atoms with van der Waals surface area (Å²) in [6.07, 6.45) is 0. The zero-order chi connectivity index (χ0) is 16.6. The van der Waals surface area contributed by atoms with Crippen molar-refractivity contribution < 1.29 is 9.53 Å². The second-order valence-electron chi connectivity index (χ2n) is 5.79. The first kappa shape index (κ1) is 15.2. The van der Waals surface area contributed by atoms with Gasteiger partial charge in [0.15, 0.2) is 0 Å². The Morgan fingerprint density at radius 2 is 1.87 bits per heavy atom. The minimum absolute atomic E-state index is 0.116. The Balaban J connectivity index is 1.95. The third kappa shape index (κ3) is 2.80. The number of nitrogens with zero attached hydrogens (tertiary/aromatic N) is 1. The van der Waals surface area contributed by atoms with E-state index >= 15 is 0 Å². The molecule has 0 aliphatic rings. The number of nitrogens with one attached hydrogen (secondary N) is 1. The van der Waals surface area contributed by atoms with Crippen LogP contribution in [0.2, 0.25) is 0 Å². The number of hydrogen-bond donors (Lipinski definition) is 1. The molecular formula is C19H20N2O2. The van der Waals surface area contributed by atoms with Gasteiger partial charge in [-0.1, -0.05) is 17.7 Å². The van der Waals surface area contributed by atoms with E-state index in [0.29, 0.717) is 5.69 Å². The van der Waals surface area contributed by atoms with Gasteiger partial charge in [-0.25, -0.2) is 0 Å². The zero-order valence-corrected chi connectivity index (χ0v) is 13.8. The number of fused-ring (bicyclic) bond motifs is 1. The van der Waals surface area contributed by atoms with E-state index in [4.69, 9.17) is 4.74 Å². The van der Waals surface area contributed by atoms with E-state index in [1.165, 1.54) is 5.56 Å². The minimum Gasteiger partial charge on any atom is -0.497 e. The fourth-order valence-electron chi connectivity index (χ4n) is 2.81. The summed E-state index contributed by atoms with van der Waals surface area (Å²) in [7, 11) is 3.53. The summed E-state index contributed by atoms with van der Waals surface area (Å²) in [5, 5.41) is 3.98. The predicted octanol–water partition coefficient (Wildman–Crippen LogP) is 4.06. The van der Waals surface area contributed by atoms with Crippen LogP contribution in [0.1, 0.15) is 21.6 Å². The van der Waals surface area contributed by atoms with Gasteiger partial charge in [-0.3, -0.25) is 4.79 Å². The van der Waals surface area contributed by atoms with Gasteiger partial charge in [0.25, 0.3) is 5.91 Å². The van der Waals surface area contributed by atoms with E-state index in [1.807, 2.05) is 61.9 Å². The van der Waals surface area contributed by atoms with Crippen molar-refractivity contribution in [1.29, 1.82) is 0 Å². The van der Waals surface area contributed by atoms with E-state index in [9.17, 15) is 4.79 Å². The first-order valence-electron chi connectivity index (χ1n) is 7.51. The third-order valence-electron chi connectivity index (χ3n) is 4.11. The van der Waals surface area contributed by atoms with Crippen LogP contribution in [-0.4, -0.2) is 17.6 Å². The first-order valence-corrected chi connectivity index (χ1v) is 7.51. The van der Waals surface area contributed by atoms with E-state index in [1.54, 1.807) is 7.11 Å². The number of methoxy groups -OCH3 is 1. The maximum absolute atomic E-state index is 12.6. The second-order valence-corrected chi connectivity index (χ2v) is 5.79. The van der Waals surface area contributed by atoms with Crippen LogP contribution in [-0.2, 0) is 7.05 Å². The highest BCUT2D eigenvalue weighted by Gasteiger charge is 2.14. The maximum Gasteiger partial charge on any atom is 0.272 e. The number of rotatable bonds is 3. The molecule has 4 heteroatoms. The lowest BCUT2D eigenvalue weighted by molar-refractivity contribution is 0.101. The van der Waals surface area contributed by atoms with Crippen molar-refractivity contribution in [3.63, 3.8) is 0 Å². The van der Waals surface area contributed by atoms with E-state index in [0.717, 1.165) is 27.9 Å². The Bertz CT molecular complexity index is 894. The molecule has 0 atom stereocenters. The van der Waals surface area contributed by atoms with Gasteiger partial charge in [0.05, 0.1) is 7.11 Å². The molecule has 0 saturated heterocycles. The number of amides is 1. The number of carbonyl (C=O) groups is 1. The summed E-state index contributed by atoms with van der Waals surface area (Å²) < 4.78 is 7.14. The Morgan fingerprint density at radius 1 is 1.09 bits per heavy atom. The maximum atomic E-state index is 12.6. The van der Waals surface area contributed by atoms with Gasteiger partial charge in [-0.2, -0.15) is 0 Å². The monoisotopic (exact) mass is 308 g/mol. The molecule has 23 heavy (non-hydrogen) atoms. The molecule has 0 fully saturated rings. The molecule has 1 amide bonds. The fraction of sp³-hybridized carbons (Fsp3) is 0.211. The first-order chi connectivity index (χ1) is 11.0. The zero-order valence-electron chi connectivity index (χ0n) is 13.8. The van der Waals surface area contributed by atoms with Gasteiger partial charge in [-0.05, 0) is 49.7 Å². The van der Waals surface area contributed by atoms with Gasteiger partial charge in [0.1, 0.15) is 11.4 Å². The highest BCUT2D eigenvalue weighted by Crippen LogP contribution is 2.25. The Labute approximate surface area is 135 Å². The van der Waals surface area contributed by atoms with Gasteiger partial charge < -0.3 is 14.6 Å². The molecule has 0 radical (unpaired) electrons. The number of benzene rings is 2. The van der Waals surface area contributed by atoms with E-state index < -0.39 is 0 Å². The van der Waals surface area contributed by atoms with Crippen LogP contribution in [0.15, 0.2) is 42.5 Å². The summed E-state index contributed by atoms with van der Waals surface area (Å²) in [4.78, 5) is 12.6. The average molecular weight is 308 g/mol. The average Bonchev–Trinajstić information content (AvgIpc) is 2.86. The molecule has 0 aliphatic carbocycles. The van der Waals surface area contributed by atoms with Crippen molar-refractivity contribution in [2.75, 3.05) is 12.4 Å². The highest BCUT2D eigenvalue weighted by molar-refractivity contribution is 6.06. The van der Waals surface area contributed by atoms with Gasteiger partial charge in [0.2, 0.25) is 0 Å². The molecule has 2 aromatic carbocycles. The molecule has 0 aliphatic heterocycles. The van der Waals surface area contributed by atoms with Crippen molar-refractivity contribution >= 4 is 22.5 Å². The predicted molar refractivity (Wildman–Crippen MR) is 93.3 cm³/mol. The van der Waals surface area contributed by atoms with Gasteiger partial charge in [0, 0.05) is 23.6 Å². The molecule has 0 bridgehead atoms. The Hall–Kier alpha value is -2.75. The summed E-state index contributed by atoms with van der Waals surface area (Å²) >= 11 is 0. The second kappa shape index (κ2) is 5.80. The SMILES string of the molecule is COc1ccc2c(c1)cc(C(=O)Nc1ccc(C)cc1C)n2C. The number of anilines is 1. The molecule has 1 heterocycles. The van der Waals surface area contributed by atoms with Crippen LogP contribution < -0.4 is 10.1 Å². The number of hydrogen-bond acceptors (Lipinski definition) is 2. The lowest BCUT2D eigenvalue weighted by Crippen LogP contribution is -2.16. The molecule has 3 aromatic rings. The molecule has 3 rings (SSSR count). The van der Waals surface area contributed by atoms with E-state index in [2.05, 4.69) is 11.4 Å². The number of aryl methyl sites for hydroxylation is 3. The molecule has 0 saturated carbocycles. The van der Waals surface area contributed by atoms with Crippen LogP contribution in [0.3, 0.4) is 0 Å². The topological polar surface area (TPSA) is 43.3 Å². The largest absolute Gasteiger partial charge is 0.497 e. The molecule has 1 N–H and O–H groups in total. The normalized spacial score (nSPS) is 10.8. The molecule has 0 spiro atoms. The summed E-state index contributed by atoms with van der Waals surface area (Å²) in [5.41, 5.74) is 4.68. The Kier molecular flexibility index (Phi) is 3.82. The smallest absolute Gasteiger partial charge is 0.272 e. The van der Waals surface area contributed by atoms with Crippen LogP contribution in [0.25, 0.3) is 10.9 Å². The summed E-state index contributed by atoms with van der Waals surface area (Å²) in [6, 6.07) is 13.7. The standard InChI is InChI=1S/C19H20N2O2/c1-12-5-7-16(13(2)9-12)20-19(22)18-11-14-10-15(23-4)6-8-17(14)21(18)3/h5-11H,1-4H3,(H,20,22). The van der Waals surface area contributed by atoms with Crippen molar-refractivity contribution in [1.82, 2.24) is 4.57 Å². The van der Waals surface area contributed by atoms with Crippen LogP contribution in [0.5, 0.6) is 5.75 Å². The molecule has 1 aromatic heterocycles. The van der Waals surface area contributed by atoms with Crippen molar-refractivity contribution in [3.05, 3.63) is 59.3 Å². The van der Waals surface area contributed by atoms with Crippen LogP contribution in [0.4, 0.5) is 5.69 Å². The Morgan fingerprint density at radius 3 is 2.57 bits per heavy atom. The third-order valence-corrected chi connectivity index (χ3v) is 4.11. The summed E-state index contributed by atoms with van der Waals surface area (Å²) in [5.74, 6) is 0.666.